The fourth-order valence-electron chi connectivity index (χ4n) is 2.44. The number of imidazole rings is 1. The number of halogens is 1. The van der Waals surface area contributed by atoms with Crippen LogP contribution in [0.3, 0.4) is 0 Å². The minimum Gasteiger partial charge on any atom is -0.261 e. The van der Waals surface area contributed by atoms with Gasteiger partial charge in [-0.15, -0.1) is 5.10 Å². The first kappa shape index (κ1) is 16.8. The van der Waals surface area contributed by atoms with Crippen LogP contribution in [0.15, 0.2) is 59.2 Å². The van der Waals surface area contributed by atoms with Crippen molar-refractivity contribution in [3.05, 3.63) is 66.4 Å². The summed E-state index contributed by atoms with van der Waals surface area (Å²) in [5.74, 6) is -0.389. The average Bonchev–Trinajstić information content (AvgIpc) is 3.21. The zero-order valence-electron chi connectivity index (χ0n) is 13.4. The molecular weight excluding hydrogens is 375 g/mol. The second kappa shape index (κ2) is 6.58. The number of aryl methyl sites for hydroxylation is 1. The molecular formula is C17H13FN4O2S2. The van der Waals surface area contributed by atoms with Crippen molar-refractivity contribution in [3.63, 3.8) is 0 Å². The number of aromatic nitrogens is 4. The molecule has 0 aliphatic heterocycles. The molecule has 0 atom stereocenters. The SMILES string of the molecule is O=S(=O)(CCc1ccccn1)c1nn2cc(-c3ccc(F)cc3)nc2s1. The van der Waals surface area contributed by atoms with Gasteiger partial charge in [0, 0.05) is 23.9 Å². The Morgan fingerprint density at radius 2 is 1.92 bits per heavy atom. The molecule has 0 amide bonds. The maximum absolute atomic E-state index is 13.0. The summed E-state index contributed by atoms with van der Waals surface area (Å²) in [7, 11) is -3.52. The second-order valence-electron chi connectivity index (χ2n) is 5.62. The van der Waals surface area contributed by atoms with E-state index in [0.717, 1.165) is 22.6 Å². The molecule has 0 unspecified atom stereocenters. The minimum atomic E-state index is -3.52. The maximum Gasteiger partial charge on any atom is 0.232 e. The topological polar surface area (TPSA) is 77.2 Å². The predicted octanol–water partition coefficient (Wildman–Crippen LogP) is 3.01. The number of nitrogens with zero attached hydrogens (tertiary/aromatic N) is 4. The first-order chi connectivity index (χ1) is 12.5. The lowest BCUT2D eigenvalue weighted by Gasteiger charge is -2.00. The van der Waals surface area contributed by atoms with Gasteiger partial charge < -0.3 is 0 Å². The summed E-state index contributed by atoms with van der Waals surface area (Å²) in [4.78, 5) is 8.99. The summed E-state index contributed by atoms with van der Waals surface area (Å²) in [5, 5.41) is 4.15. The van der Waals surface area contributed by atoms with Gasteiger partial charge in [0.25, 0.3) is 0 Å². The van der Waals surface area contributed by atoms with Crippen molar-refractivity contribution in [1.82, 2.24) is 19.6 Å². The monoisotopic (exact) mass is 388 g/mol. The quantitative estimate of drug-likeness (QED) is 0.525. The van der Waals surface area contributed by atoms with Gasteiger partial charge in [-0.3, -0.25) is 4.98 Å². The number of rotatable bonds is 5. The molecule has 3 heterocycles. The van der Waals surface area contributed by atoms with E-state index in [1.165, 1.54) is 16.6 Å². The van der Waals surface area contributed by atoms with E-state index in [-0.39, 0.29) is 15.9 Å². The molecule has 0 saturated heterocycles. The highest BCUT2D eigenvalue weighted by molar-refractivity contribution is 7.93. The summed E-state index contributed by atoms with van der Waals surface area (Å²) >= 11 is 1.02. The van der Waals surface area contributed by atoms with Gasteiger partial charge >= 0.3 is 0 Å². The number of sulfone groups is 1. The van der Waals surface area contributed by atoms with Crippen LogP contribution in [0.25, 0.3) is 16.2 Å². The zero-order chi connectivity index (χ0) is 18.1. The molecule has 0 aliphatic carbocycles. The molecule has 0 saturated carbocycles. The third-order valence-electron chi connectivity index (χ3n) is 3.78. The van der Waals surface area contributed by atoms with Gasteiger partial charge in [-0.2, -0.15) is 0 Å². The lowest BCUT2D eigenvalue weighted by molar-refractivity contribution is 0.592. The lowest BCUT2D eigenvalue weighted by Crippen LogP contribution is -2.10. The van der Waals surface area contributed by atoms with Crippen molar-refractivity contribution in [2.75, 3.05) is 5.75 Å². The number of hydrogen-bond acceptors (Lipinski definition) is 6. The van der Waals surface area contributed by atoms with Crippen molar-refractivity contribution < 1.29 is 12.8 Å². The fraction of sp³-hybridized carbons (Fsp3) is 0.118. The highest BCUT2D eigenvalue weighted by Crippen LogP contribution is 2.25. The van der Waals surface area contributed by atoms with E-state index >= 15 is 0 Å². The number of fused-ring (bicyclic) bond motifs is 1. The second-order valence-corrected chi connectivity index (χ2v) is 8.86. The van der Waals surface area contributed by atoms with Gasteiger partial charge in [0.1, 0.15) is 5.82 Å². The Kier molecular flexibility index (Phi) is 4.25. The Morgan fingerprint density at radius 3 is 2.62 bits per heavy atom. The molecule has 0 N–H and O–H groups in total. The van der Waals surface area contributed by atoms with E-state index in [1.807, 2.05) is 6.07 Å². The third-order valence-corrected chi connectivity index (χ3v) is 6.87. The number of pyridine rings is 1. The van der Waals surface area contributed by atoms with Crippen molar-refractivity contribution in [3.8, 4) is 11.3 Å². The summed E-state index contributed by atoms with van der Waals surface area (Å²) in [5.41, 5.74) is 2.07. The Balaban J connectivity index is 1.57. The van der Waals surface area contributed by atoms with Crippen molar-refractivity contribution in [1.29, 1.82) is 0 Å². The Labute approximate surface area is 152 Å². The highest BCUT2D eigenvalue weighted by atomic mass is 32.2. The molecule has 6 nitrogen and oxygen atoms in total. The van der Waals surface area contributed by atoms with Crippen LogP contribution in [0, 0.1) is 5.82 Å². The maximum atomic E-state index is 13.0. The van der Waals surface area contributed by atoms with Crippen LogP contribution in [0.2, 0.25) is 0 Å². The molecule has 26 heavy (non-hydrogen) atoms. The van der Waals surface area contributed by atoms with Gasteiger partial charge in [-0.05, 0) is 36.4 Å². The highest BCUT2D eigenvalue weighted by Gasteiger charge is 2.21. The summed E-state index contributed by atoms with van der Waals surface area (Å²) in [6, 6.07) is 11.3. The summed E-state index contributed by atoms with van der Waals surface area (Å²) < 4.78 is 39.5. The van der Waals surface area contributed by atoms with Crippen LogP contribution in [0.5, 0.6) is 0 Å². The number of hydrogen-bond donors (Lipinski definition) is 0. The van der Waals surface area contributed by atoms with E-state index < -0.39 is 9.84 Å². The summed E-state index contributed by atoms with van der Waals surface area (Å²) in [6.07, 6.45) is 3.60. The van der Waals surface area contributed by atoms with Crippen molar-refractivity contribution in [2.45, 2.75) is 10.8 Å². The van der Waals surface area contributed by atoms with Crippen LogP contribution in [0.1, 0.15) is 5.69 Å². The van der Waals surface area contributed by atoms with Crippen LogP contribution in [0.4, 0.5) is 4.39 Å². The van der Waals surface area contributed by atoms with Crippen molar-refractivity contribution >= 4 is 26.1 Å². The molecule has 3 aromatic heterocycles. The Hall–Kier alpha value is -2.65. The molecule has 0 spiro atoms. The van der Waals surface area contributed by atoms with Gasteiger partial charge in [0.05, 0.1) is 17.6 Å². The van der Waals surface area contributed by atoms with Crippen LogP contribution < -0.4 is 0 Å². The normalized spacial score (nSPS) is 11.9. The first-order valence-electron chi connectivity index (χ1n) is 7.76. The van der Waals surface area contributed by atoms with Gasteiger partial charge in [0.15, 0.2) is 0 Å². The fourth-order valence-corrected chi connectivity index (χ4v) is 4.90. The molecule has 0 bridgehead atoms. The van der Waals surface area contributed by atoms with E-state index in [9.17, 15) is 12.8 Å². The van der Waals surface area contributed by atoms with Gasteiger partial charge in [-0.1, -0.05) is 17.4 Å². The molecule has 4 rings (SSSR count). The molecule has 0 fully saturated rings. The largest absolute Gasteiger partial charge is 0.261 e. The lowest BCUT2D eigenvalue weighted by atomic mass is 10.2. The zero-order valence-corrected chi connectivity index (χ0v) is 15.0. The third kappa shape index (κ3) is 3.35. The van der Waals surface area contributed by atoms with E-state index in [1.54, 1.807) is 36.7 Å². The van der Waals surface area contributed by atoms with Crippen molar-refractivity contribution in [2.24, 2.45) is 0 Å². The Morgan fingerprint density at radius 1 is 1.12 bits per heavy atom. The van der Waals surface area contributed by atoms with Gasteiger partial charge in [0.2, 0.25) is 19.1 Å². The first-order valence-corrected chi connectivity index (χ1v) is 10.2. The van der Waals surface area contributed by atoms with Crippen LogP contribution in [-0.4, -0.2) is 33.8 Å². The molecule has 4 aromatic rings. The predicted molar refractivity (Wildman–Crippen MR) is 96.3 cm³/mol. The standard InChI is InChI=1S/C17H13FN4O2S2/c18-13-6-4-12(5-7-13)15-11-22-16(20-15)25-17(21-22)26(23,24)10-8-14-3-1-2-9-19-14/h1-7,9,11H,8,10H2. The molecule has 0 radical (unpaired) electrons. The van der Waals surface area contributed by atoms with Crippen LogP contribution >= 0.6 is 11.3 Å². The molecule has 1 aromatic carbocycles. The van der Waals surface area contributed by atoms with E-state index in [2.05, 4.69) is 15.1 Å². The molecule has 9 heteroatoms. The number of benzene rings is 1. The molecule has 132 valence electrons. The van der Waals surface area contributed by atoms with Gasteiger partial charge in [-0.25, -0.2) is 22.3 Å². The van der Waals surface area contributed by atoms with E-state index in [0.29, 0.717) is 17.1 Å². The smallest absolute Gasteiger partial charge is 0.232 e. The average molecular weight is 388 g/mol. The minimum absolute atomic E-state index is 0.0292. The van der Waals surface area contributed by atoms with E-state index in [4.69, 9.17) is 0 Å². The molecule has 0 aliphatic rings. The summed E-state index contributed by atoms with van der Waals surface area (Å²) in [6.45, 7) is 0. The van der Waals surface area contributed by atoms with Crippen LogP contribution in [-0.2, 0) is 16.3 Å². The Bertz CT molecular complexity index is 1120.